The monoisotopic (exact) mass is 476 g/mol. The molecule has 0 aliphatic rings. The van der Waals surface area contributed by atoms with E-state index in [0.717, 1.165) is 11.1 Å². The summed E-state index contributed by atoms with van der Waals surface area (Å²) >= 11 is 0. The van der Waals surface area contributed by atoms with Crippen molar-refractivity contribution in [3.8, 4) is 0 Å². The molecule has 0 spiro atoms. The van der Waals surface area contributed by atoms with Crippen LogP contribution in [0.5, 0.6) is 0 Å². The van der Waals surface area contributed by atoms with Crippen LogP contribution in [0.15, 0.2) is 18.2 Å². The van der Waals surface area contributed by atoms with Crippen LogP contribution in [0.25, 0.3) is 0 Å². The highest BCUT2D eigenvalue weighted by molar-refractivity contribution is 5.92. The Morgan fingerprint density at radius 1 is 1.09 bits per heavy atom. The standard InChI is InChI=1S/C25H40N4O5/c1-9-29(21(22(31)27-15(2)3)18-11-10-16(4)14-17(18)5)23(32)19(12-13-20(26)30)28-24(33)34-25(6,7)8/h10-11,14-15,19,21H,9,12-13H2,1-8H3,(H2,26,30)(H,27,31)(H,28,33). The minimum atomic E-state index is -1.09. The van der Waals surface area contributed by atoms with Gasteiger partial charge in [-0.05, 0) is 72.9 Å². The van der Waals surface area contributed by atoms with Crippen LogP contribution in [0.3, 0.4) is 0 Å². The number of nitrogens with two attached hydrogens (primary N) is 1. The summed E-state index contributed by atoms with van der Waals surface area (Å²) in [6, 6.07) is 3.52. The molecule has 2 unspecified atom stereocenters. The van der Waals surface area contributed by atoms with E-state index in [1.807, 2.05) is 45.9 Å². The van der Waals surface area contributed by atoms with Gasteiger partial charge in [-0.2, -0.15) is 0 Å². The van der Waals surface area contributed by atoms with Crippen molar-refractivity contribution in [2.45, 2.75) is 92.0 Å². The number of carbonyl (C=O) groups excluding carboxylic acids is 4. The fourth-order valence-corrected chi connectivity index (χ4v) is 3.61. The van der Waals surface area contributed by atoms with Gasteiger partial charge in [-0.3, -0.25) is 14.4 Å². The number of aryl methyl sites for hydroxylation is 2. The van der Waals surface area contributed by atoms with Crippen molar-refractivity contribution in [3.63, 3.8) is 0 Å². The van der Waals surface area contributed by atoms with Gasteiger partial charge in [-0.25, -0.2) is 4.79 Å². The van der Waals surface area contributed by atoms with Gasteiger partial charge in [0.1, 0.15) is 17.7 Å². The summed E-state index contributed by atoms with van der Waals surface area (Å²) in [7, 11) is 0. The summed E-state index contributed by atoms with van der Waals surface area (Å²) in [4.78, 5) is 52.3. The van der Waals surface area contributed by atoms with Crippen molar-refractivity contribution in [2.75, 3.05) is 6.54 Å². The number of amides is 4. The van der Waals surface area contributed by atoms with Gasteiger partial charge in [0.25, 0.3) is 0 Å². The van der Waals surface area contributed by atoms with Crippen molar-refractivity contribution in [2.24, 2.45) is 5.73 Å². The van der Waals surface area contributed by atoms with Gasteiger partial charge in [-0.1, -0.05) is 23.8 Å². The van der Waals surface area contributed by atoms with Crippen LogP contribution in [0.1, 0.15) is 77.1 Å². The Morgan fingerprint density at radius 2 is 1.71 bits per heavy atom. The largest absolute Gasteiger partial charge is 0.444 e. The highest BCUT2D eigenvalue weighted by Crippen LogP contribution is 2.27. The molecule has 4 amide bonds. The number of carbonyl (C=O) groups is 4. The lowest BCUT2D eigenvalue weighted by Crippen LogP contribution is -2.53. The molecule has 0 aromatic heterocycles. The minimum absolute atomic E-state index is 0.0185. The number of benzene rings is 1. The summed E-state index contributed by atoms with van der Waals surface area (Å²) in [6.07, 6.45) is -0.924. The summed E-state index contributed by atoms with van der Waals surface area (Å²) in [6.45, 7) is 14.6. The molecular formula is C25H40N4O5. The fraction of sp³-hybridized carbons (Fsp3) is 0.600. The number of ether oxygens (including phenoxy) is 1. The second-order valence-electron chi connectivity index (χ2n) is 9.75. The molecule has 0 aliphatic heterocycles. The average Bonchev–Trinajstić information content (AvgIpc) is 2.67. The smallest absolute Gasteiger partial charge is 0.408 e. The van der Waals surface area contributed by atoms with Gasteiger partial charge in [0.15, 0.2) is 0 Å². The lowest BCUT2D eigenvalue weighted by molar-refractivity contribution is -0.142. The number of hydrogen-bond donors (Lipinski definition) is 3. The lowest BCUT2D eigenvalue weighted by Gasteiger charge is -2.34. The van der Waals surface area contributed by atoms with Crippen LogP contribution in [0.2, 0.25) is 0 Å². The Hall–Kier alpha value is -3.10. The number of alkyl carbamates (subject to hydrolysis) is 1. The van der Waals surface area contributed by atoms with Crippen LogP contribution in [0.4, 0.5) is 4.79 Å². The van der Waals surface area contributed by atoms with Gasteiger partial charge in [-0.15, -0.1) is 0 Å². The van der Waals surface area contributed by atoms with E-state index in [9.17, 15) is 19.2 Å². The maximum atomic E-state index is 13.7. The molecule has 1 rings (SSSR count). The third kappa shape index (κ3) is 9.03. The van der Waals surface area contributed by atoms with Gasteiger partial charge >= 0.3 is 6.09 Å². The van der Waals surface area contributed by atoms with Crippen LogP contribution in [-0.2, 0) is 19.1 Å². The third-order valence-corrected chi connectivity index (χ3v) is 5.00. The van der Waals surface area contributed by atoms with Gasteiger partial charge in [0.05, 0.1) is 0 Å². The number of rotatable bonds is 10. The van der Waals surface area contributed by atoms with E-state index in [4.69, 9.17) is 10.5 Å². The molecule has 0 fully saturated rings. The second-order valence-corrected chi connectivity index (χ2v) is 9.75. The molecule has 9 nitrogen and oxygen atoms in total. The Labute approximate surface area is 202 Å². The molecule has 9 heteroatoms. The van der Waals surface area contributed by atoms with Crippen molar-refractivity contribution >= 4 is 23.8 Å². The maximum absolute atomic E-state index is 13.7. The van der Waals surface area contributed by atoms with E-state index < -0.39 is 35.6 Å². The maximum Gasteiger partial charge on any atom is 0.408 e. The topological polar surface area (TPSA) is 131 Å². The molecule has 190 valence electrons. The van der Waals surface area contributed by atoms with Gasteiger partial charge < -0.3 is 26.0 Å². The van der Waals surface area contributed by atoms with Crippen LogP contribution in [0, 0.1) is 13.8 Å². The van der Waals surface area contributed by atoms with E-state index in [2.05, 4.69) is 10.6 Å². The predicted molar refractivity (Wildman–Crippen MR) is 131 cm³/mol. The highest BCUT2D eigenvalue weighted by Gasteiger charge is 2.36. The fourth-order valence-electron chi connectivity index (χ4n) is 3.61. The van der Waals surface area contributed by atoms with E-state index in [0.29, 0.717) is 5.56 Å². The zero-order valence-electron chi connectivity index (χ0n) is 21.7. The van der Waals surface area contributed by atoms with E-state index in [1.54, 1.807) is 27.7 Å². The zero-order chi connectivity index (χ0) is 26.2. The molecule has 0 saturated heterocycles. The Bertz CT molecular complexity index is 892. The minimum Gasteiger partial charge on any atom is -0.444 e. The van der Waals surface area contributed by atoms with E-state index >= 15 is 0 Å². The molecule has 4 N–H and O–H groups in total. The quantitative estimate of drug-likeness (QED) is 0.478. The van der Waals surface area contributed by atoms with Crippen molar-refractivity contribution in [1.29, 1.82) is 0 Å². The first kappa shape index (κ1) is 28.9. The normalized spacial score (nSPS) is 13.1. The van der Waals surface area contributed by atoms with Crippen molar-refractivity contribution in [3.05, 3.63) is 34.9 Å². The highest BCUT2D eigenvalue weighted by atomic mass is 16.6. The predicted octanol–water partition coefficient (Wildman–Crippen LogP) is 2.88. The van der Waals surface area contributed by atoms with Crippen molar-refractivity contribution < 1.29 is 23.9 Å². The SMILES string of the molecule is CCN(C(=O)C(CCC(N)=O)NC(=O)OC(C)(C)C)C(C(=O)NC(C)C)c1ccc(C)cc1C. The number of hydrogen-bond acceptors (Lipinski definition) is 5. The Kier molecular flexibility index (Phi) is 10.5. The van der Waals surface area contributed by atoms with E-state index in [-0.39, 0.29) is 31.3 Å². The lowest BCUT2D eigenvalue weighted by atomic mass is 9.96. The Balaban J connectivity index is 3.42. The molecular weight excluding hydrogens is 436 g/mol. The Morgan fingerprint density at radius 3 is 2.18 bits per heavy atom. The van der Waals surface area contributed by atoms with Crippen LogP contribution >= 0.6 is 0 Å². The third-order valence-electron chi connectivity index (χ3n) is 5.00. The molecule has 0 radical (unpaired) electrons. The number of nitrogens with one attached hydrogen (secondary N) is 2. The molecule has 0 bridgehead atoms. The van der Waals surface area contributed by atoms with Gasteiger partial charge in [0, 0.05) is 19.0 Å². The average molecular weight is 477 g/mol. The summed E-state index contributed by atoms with van der Waals surface area (Å²) in [5, 5.41) is 5.46. The molecule has 0 aliphatic carbocycles. The summed E-state index contributed by atoms with van der Waals surface area (Å²) < 4.78 is 5.30. The second kappa shape index (κ2) is 12.4. The number of nitrogens with zero attached hydrogens (tertiary/aromatic N) is 1. The molecule has 2 atom stereocenters. The van der Waals surface area contributed by atoms with Crippen LogP contribution in [-0.4, -0.2) is 52.9 Å². The first-order valence-electron chi connectivity index (χ1n) is 11.6. The first-order valence-corrected chi connectivity index (χ1v) is 11.6. The van der Waals surface area contributed by atoms with E-state index in [1.165, 1.54) is 4.90 Å². The zero-order valence-corrected chi connectivity index (χ0v) is 21.7. The molecule has 1 aromatic carbocycles. The number of primary amides is 1. The van der Waals surface area contributed by atoms with Gasteiger partial charge in [0.2, 0.25) is 17.7 Å². The molecule has 34 heavy (non-hydrogen) atoms. The number of likely N-dealkylation sites (N-methyl/N-ethyl adjacent to an activating group) is 1. The van der Waals surface area contributed by atoms with Crippen molar-refractivity contribution in [1.82, 2.24) is 15.5 Å². The summed E-state index contributed by atoms with van der Waals surface area (Å²) in [5.74, 6) is -1.43. The summed E-state index contributed by atoms with van der Waals surface area (Å²) in [5.41, 5.74) is 7.11. The molecule has 1 aromatic rings. The van der Waals surface area contributed by atoms with Crippen LogP contribution < -0.4 is 16.4 Å². The molecule has 0 saturated carbocycles. The first-order chi connectivity index (χ1) is 15.7. The molecule has 0 heterocycles.